The minimum atomic E-state index is 0.144. The van der Waals surface area contributed by atoms with Crippen LogP contribution in [-0.4, -0.2) is 47.8 Å². The van der Waals surface area contributed by atoms with E-state index in [9.17, 15) is 0 Å². The number of thiocarbonyl (C=S) groups is 1. The number of aliphatic hydroxyl groups is 1. The highest BCUT2D eigenvalue weighted by Gasteiger charge is 2.07. The molecule has 0 aliphatic carbocycles. The van der Waals surface area contributed by atoms with Crippen molar-refractivity contribution in [3.63, 3.8) is 0 Å². The van der Waals surface area contributed by atoms with Gasteiger partial charge in [-0.2, -0.15) is 0 Å². The summed E-state index contributed by atoms with van der Waals surface area (Å²) in [5.74, 6) is 0.792. The van der Waals surface area contributed by atoms with Crippen molar-refractivity contribution in [2.45, 2.75) is 13.0 Å². The molecule has 0 saturated carbocycles. The number of nitrogens with zero attached hydrogens (tertiary/aromatic N) is 1. The number of aliphatic hydroxyl groups excluding tert-OH is 1. The highest BCUT2D eigenvalue weighted by atomic mass is 32.1. The lowest BCUT2D eigenvalue weighted by Gasteiger charge is -2.22. The molecule has 0 bridgehead atoms. The summed E-state index contributed by atoms with van der Waals surface area (Å²) in [5.41, 5.74) is 6.35. The summed E-state index contributed by atoms with van der Waals surface area (Å²) in [6.07, 6.45) is 0. The first-order valence-corrected chi connectivity index (χ1v) is 6.29. The lowest BCUT2D eigenvalue weighted by Crippen LogP contribution is -2.35. The molecule has 0 fully saturated rings. The van der Waals surface area contributed by atoms with Gasteiger partial charge in [0.25, 0.3) is 0 Å². The first-order valence-electron chi connectivity index (χ1n) is 5.88. The van der Waals surface area contributed by atoms with Gasteiger partial charge in [-0.1, -0.05) is 12.2 Å². The van der Waals surface area contributed by atoms with E-state index in [0.717, 1.165) is 17.9 Å². The quantitative estimate of drug-likeness (QED) is 0.723. The van der Waals surface area contributed by atoms with Crippen molar-refractivity contribution in [3.8, 4) is 5.75 Å². The van der Waals surface area contributed by atoms with E-state index in [1.807, 2.05) is 43.1 Å². The maximum atomic E-state index is 9.00. The molecule has 4 nitrogen and oxygen atoms in total. The molecule has 0 aliphatic heterocycles. The van der Waals surface area contributed by atoms with Crippen LogP contribution < -0.4 is 10.5 Å². The molecule has 1 aromatic carbocycles. The Morgan fingerprint density at radius 2 is 2.06 bits per heavy atom. The zero-order valence-corrected chi connectivity index (χ0v) is 11.6. The third-order valence-electron chi connectivity index (χ3n) is 2.87. The van der Waals surface area contributed by atoms with Crippen molar-refractivity contribution in [1.29, 1.82) is 0 Å². The second kappa shape index (κ2) is 7.31. The monoisotopic (exact) mass is 268 g/mol. The van der Waals surface area contributed by atoms with Gasteiger partial charge in [-0.15, -0.1) is 0 Å². The fraction of sp³-hybridized carbons (Fsp3) is 0.462. The van der Waals surface area contributed by atoms with Gasteiger partial charge in [-0.05, 0) is 38.2 Å². The van der Waals surface area contributed by atoms with Crippen LogP contribution in [0.4, 0.5) is 0 Å². The zero-order valence-electron chi connectivity index (χ0n) is 10.8. The molecule has 0 heterocycles. The highest BCUT2D eigenvalue weighted by Crippen LogP contribution is 2.12. The Morgan fingerprint density at radius 3 is 2.56 bits per heavy atom. The lowest BCUT2D eigenvalue weighted by molar-refractivity contribution is 0.140. The lowest BCUT2D eigenvalue weighted by atomic mass is 10.2. The number of rotatable bonds is 7. The highest BCUT2D eigenvalue weighted by molar-refractivity contribution is 7.80. The van der Waals surface area contributed by atoms with Crippen LogP contribution in [0.3, 0.4) is 0 Å². The smallest absolute Gasteiger partial charge is 0.119 e. The summed E-state index contributed by atoms with van der Waals surface area (Å²) in [6.45, 7) is 3.46. The zero-order chi connectivity index (χ0) is 13.5. The summed E-state index contributed by atoms with van der Waals surface area (Å²) in [7, 11) is 1.96. The minimum Gasteiger partial charge on any atom is -0.492 e. The fourth-order valence-corrected chi connectivity index (χ4v) is 1.52. The summed E-state index contributed by atoms with van der Waals surface area (Å²) in [6, 6.07) is 7.54. The predicted octanol–water partition coefficient (Wildman–Crippen LogP) is 1.01. The molecule has 0 spiro atoms. The second-order valence-corrected chi connectivity index (χ2v) is 4.69. The number of hydrogen-bond acceptors (Lipinski definition) is 4. The standard InChI is InChI=1S/C13H20N2O2S/c1-10(9-16)15(2)7-8-17-12-5-3-11(4-6-12)13(14)18/h3-6,10,16H,7-9H2,1-2H3,(H2,14,18). The molecule has 1 unspecified atom stereocenters. The van der Waals surface area contributed by atoms with E-state index >= 15 is 0 Å². The van der Waals surface area contributed by atoms with Crippen LogP contribution in [0, 0.1) is 0 Å². The summed E-state index contributed by atoms with van der Waals surface area (Å²) in [4.78, 5) is 2.43. The van der Waals surface area contributed by atoms with Crippen LogP contribution in [0.15, 0.2) is 24.3 Å². The molecular formula is C13H20N2O2S. The number of nitrogens with two attached hydrogens (primary N) is 1. The van der Waals surface area contributed by atoms with Crippen LogP contribution >= 0.6 is 12.2 Å². The average Bonchev–Trinajstić information content (AvgIpc) is 2.38. The molecule has 3 N–H and O–H groups in total. The third-order valence-corrected chi connectivity index (χ3v) is 3.10. The number of ether oxygens (including phenoxy) is 1. The molecule has 0 saturated heterocycles. The van der Waals surface area contributed by atoms with Crippen LogP contribution in [0.1, 0.15) is 12.5 Å². The maximum Gasteiger partial charge on any atom is 0.119 e. The number of hydrogen-bond donors (Lipinski definition) is 2. The van der Waals surface area contributed by atoms with Gasteiger partial charge in [0.05, 0.1) is 6.61 Å². The van der Waals surface area contributed by atoms with E-state index < -0.39 is 0 Å². The van der Waals surface area contributed by atoms with Crippen molar-refractivity contribution in [2.24, 2.45) is 5.73 Å². The van der Waals surface area contributed by atoms with Gasteiger partial charge in [0, 0.05) is 18.2 Å². The fourth-order valence-electron chi connectivity index (χ4n) is 1.38. The second-order valence-electron chi connectivity index (χ2n) is 4.25. The van der Waals surface area contributed by atoms with Gasteiger partial charge in [0.2, 0.25) is 0 Å². The summed E-state index contributed by atoms with van der Waals surface area (Å²) >= 11 is 4.88. The van der Waals surface area contributed by atoms with E-state index in [4.69, 9.17) is 27.8 Å². The molecule has 0 radical (unpaired) electrons. The van der Waals surface area contributed by atoms with Crippen LogP contribution in [0.25, 0.3) is 0 Å². The van der Waals surface area contributed by atoms with Crippen molar-refractivity contribution in [3.05, 3.63) is 29.8 Å². The molecule has 1 rings (SSSR count). The van der Waals surface area contributed by atoms with Crippen molar-refractivity contribution in [1.82, 2.24) is 4.90 Å². The van der Waals surface area contributed by atoms with Crippen molar-refractivity contribution >= 4 is 17.2 Å². The third kappa shape index (κ3) is 4.60. The van der Waals surface area contributed by atoms with Gasteiger partial charge >= 0.3 is 0 Å². The number of benzene rings is 1. The molecule has 18 heavy (non-hydrogen) atoms. The van der Waals surface area contributed by atoms with Gasteiger partial charge < -0.3 is 15.6 Å². The van der Waals surface area contributed by atoms with Crippen LogP contribution in [0.2, 0.25) is 0 Å². The van der Waals surface area contributed by atoms with E-state index in [0.29, 0.717) is 11.6 Å². The Hall–Kier alpha value is -1.17. The molecule has 100 valence electrons. The van der Waals surface area contributed by atoms with Crippen LogP contribution in [-0.2, 0) is 0 Å². The van der Waals surface area contributed by atoms with Gasteiger partial charge in [0.1, 0.15) is 17.3 Å². The van der Waals surface area contributed by atoms with E-state index in [1.165, 1.54) is 0 Å². The Morgan fingerprint density at radius 1 is 1.44 bits per heavy atom. The molecule has 1 aromatic rings. The molecule has 0 amide bonds. The largest absolute Gasteiger partial charge is 0.492 e. The van der Waals surface area contributed by atoms with E-state index in [1.54, 1.807) is 0 Å². The first kappa shape index (κ1) is 14.9. The first-order chi connectivity index (χ1) is 8.54. The number of likely N-dealkylation sites (N-methyl/N-ethyl adjacent to an activating group) is 1. The average molecular weight is 268 g/mol. The summed E-state index contributed by atoms with van der Waals surface area (Å²) < 4.78 is 5.60. The normalized spacial score (nSPS) is 12.4. The van der Waals surface area contributed by atoms with E-state index in [-0.39, 0.29) is 12.6 Å². The molecule has 5 heteroatoms. The maximum absolute atomic E-state index is 9.00. The minimum absolute atomic E-state index is 0.144. The predicted molar refractivity (Wildman–Crippen MR) is 77.0 cm³/mol. The Labute approximate surface area is 113 Å². The Kier molecular flexibility index (Phi) is 6.04. The van der Waals surface area contributed by atoms with Gasteiger partial charge in [0.15, 0.2) is 0 Å². The SMILES string of the molecule is CC(CO)N(C)CCOc1ccc(C(N)=S)cc1. The topological polar surface area (TPSA) is 58.7 Å². The Balaban J connectivity index is 2.38. The molecule has 1 atom stereocenters. The summed E-state index contributed by atoms with van der Waals surface area (Å²) in [5, 5.41) is 9.00. The van der Waals surface area contributed by atoms with Crippen molar-refractivity contribution in [2.75, 3.05) is 26.8 Å². The molecule has 0 aliphatic rings. The van der Waals surface area contributed by atoms with E-state index in [2.05, 4.69) is 0 Å². The van der Waals surface area contributed by atoms with Gasteiger partial charge in [-0.25, -0.2) is 0 Å². The van der Waals surface area contributed by atoms with Crippen LogP contribution in [0.5, 0.6) is 5.75 Å². The Bertz CT molecular complexity index is 381. The molecule has 0 aromatic heterocycles. The van der Waals surface area contributed by atoms with Crippen molar-refractivity contribution < 1.29 is 9.84 Å². The molecular weight excluding hydrogens is 248 g/mol. The van der Waals surface area contributed by atoms with Gasteiger partial charge in [-0.3, -0.25) is 4.90 Å².